The SMILES string of the molecule is CCC(C(=O)O)N(C)C(=O)C1COCCN1. The molecule has 2 unspecified atom stereocenters. The van der Waals surface area contributed by atoms with Crippen LogP contribution in [0.1, 0.15) is 13.3 Å². The summed E-state index contributed by atoms with van der Waals surface area (Å²) < 4.78 is 5.17. The molecule has 0 saturated carbocycles. The van der Waals surface area contributed by atoms with Crippen LogP contribution >= 0.6 is 0 Å². The number of hydrogen-bond acceptors (Lipinski definition) is 4. The van der Waals surface area contributed by atoms with Crippen molar-refractivity contribution in [1.82, 2.24) is 10.2 Å². The van der Waals surface area contributed by atoms with Gasteiger partial charge in [0.1, 0.15) is 12.1 Å². The van der Waals surface area contributed by atoms with Crippen LogP contribution in [0.3, 0.4) is 0 Å². The molecule has 1 aliphatic heterocycles. The Hall–Kier alpha value is -1.14. The first-order chi connectivity index (χ1) is 7.57. The van der Waals surface area contributed by atoms with E-state index in [2.05, 4.69) is 5.32 Å². The van der Waals surface area contributed by atoms with Gasteiger partial charge in [0.2, 0.25) is 5.91 Å². The average molecular weight is 230 g/mol. The van der Waals surface area contributed by atoms with Gasteiger partial charge in [0.05, 0.1) is 13.2 Å². The van der Waals surface area contributed by atoms with Crippen molar-refractivity contribution < 1.29 is 19.4 Å². The van der Waals surface area contributed by atoms with Crippen LogP contribution in [-0.4, -0.2) is 60.8 Å². The fourth-order valence-corrected chi connectivity index (χ4v) is 1.74. The maximum absolute atomic E-state index is 11.9. The number of nitrogens with zero attached hydrogens (tertiary/aromatic N) is 1. The predicted molar refractivity (Wildman–Crippen MR) is 57.1 cm³/mol. The van der Waals surface area contributed by atoms with Crippen LogP contribution in [-0.2, 0) is 14.3 Å². The maximum Gasteiger partial charge on any atom is 0.326 e. The number of carboxylic acid groups (broad SMARTS) is 1. The molecule has 0 aromatic heterocycles. The average Bonchev–Trinajstić information content (AvgIpc) is 2.29. The molecule has 1 fully saturated rings. The molecular formula is C10H18N2O4. The van der Waals surface area contributed by atoms with Gasteiger partial charge in [0, 0.05) is 13.6 Å². The van der Waals surface area contributed by atoms with E-state index in [4.69, 9.17) is 9.84 Å². The second kappa shape index (κ2) is 5.81. The summed E-state index contributed by atoms with van der Waals surface area (Å²) in [7, 11) is 1.51. The number of carbonyl (C=O) groups excluding carboxylic acids is 1. The summed E-state index contributed by atoms with van der Waals surface area (Å²) in [4.78, 5) is 24.1. The molecule has 0 aliphatic carbocycles. The lowest BCUT2D eigenvalue weighted by Crippen LogP contribution is -2.55. The minimum Gasteiger partial charge on any atom is -0.480 e. The first-order valence-electron chi connectivity index (χ1n) is 5.38. The van der Waals surface area contributed by atoms with Crippen molar-refractivity contribution in [3.05, 3.63) is 0 Å². The molecule has 0 radical (unpaired) electrons. The Morgan fingerprint density at radius 3 is 2.75 bits per heavy atom. The van der Waals surface area contributed by atoms with Gasteiger partial charge in [0.15, 0.2) is 0 Å². The van der Waals surface area contributed by atoms with Crippen LogP contribution in [0.25, 0.3) is 0 Å². The van der Waals surface area contributed by atoms with Crippen LogP contribution in [0.4, 0.5) is 0 Å². The fraction of sp³-hybridized carbons (Fsp3) is 0.800. The summed E-state index contributed by atoms with van der Waals surface area (Å²) in [5, 5.41) is 12.0. The molecule has 0 aromatic carbocycles. The second-order valence-electron chi connectivity index (χ2n) is 3.79. The summed E-state index contributed by atoms with van der Waals surface area (Å²) in [5.41, 5.74) is 0. The summed E-state index contributed by atoms with van der Waals surface area (Å²) >= 11 is 0. The molecule has 1 heterocycles. The Kier molecular flexibility index (Phi) is 4.70. The molecule has 2 N–H and O–H groups in total. The zero-order chi connectivity index (χ0) is 12.1. The minimum absolute atomic E-state index is 0.228. The topological polar surface area (TPSA) is 78.9 Å². The second-order valence-corrected chi connectivity index (χ2v) is 3.79. The molecule has 1 aliphatic rings. The van der Waals surface area contributed by atoms with Crippen LogP contribution in [0.2, 0.25) is 0 Å². The molecule has 0 spiro atoms. The quantitative estimate of drug-likeness (QED) is 0.667. The molecule has 1 amide bonds. The van der Waals surface area contributed by atoms with Crippen molar-refractivity contribution in [2.75, 3.05) is 26.8 Å². The van der Waals surface area contributed by atoms with Gasteiger partial charge in [-0.2, -0.15) is 0 Å². The fourth-order valence-electron chi connectivity index (χ4n) is 1.74. The van der Waals surface area contributed by atoms with Gasteiger partial charge in [-0.3, -0.25) is 4.79 Å². The smallest absolute Gasteiger partial charge is 0.326 e. The number of hydrogen-bond donors (Lipinski definition) is 2. The van der Waals surface area contributed by atoms with Crippen molar-refractivity contribution in [1.29, 1.82) is 0 Å². The Morgan fingerprint density at radius 1 is 1.62 bits per heavy atom. The Morgan fingerprint density at radius 2 is 2.31 bits per heavy atom. The van der Waals surface area contributed by atoms with Crippen LogP contribution in [0, 0.1) is 0 Å². The highest BCUT2D eigenvalue weighted by Gasteiger charge is 2.30. The number of carbonyl (C=O) groups is 2. The number of carboxylic acids is 1. The predicted octanol–water partition coefficient (Wildman–Crippen LogP) is -0.704. The summed E-state index contributed by atoms with van der Waals surface area (Å²) in [5.74, 6) is -1.20. The monoisotopic (exact) mass is 230 g/mol. The maximum atomic E-state index is 11.9. The lowest BCUT2D eigenvalue weighted by atomic mass is 10.1. The molecule has 6 nitrogen and oxygen atoms in total. The van der Waals surface area contributed by atoms with Crippen molar-refractivity contribution in [3.63, 3.8) is 0 Å². The van der Waals surface area contributed by atoms with Crippen molar-refractivity contribution in [2.24, 2.45) is 0 Å². The van der Waals surface area contributed by atoms with Crippen LogP contribution < -0.4 is 5.32 Å². The van der Waals surface area contributed by atoms with E-state index < -0.39 is 18.1 Å². The van der Waals surface area contributed by atoms with Crippen molar-refractivity contribution >= 4 is 11.9 Å². The zero-order valence-electron chi connectivity index (χ0n) is 9.60. The minimum atomic E-state index is -0.977. The van der Waals surface area contributed by atoms with Gasteiger partial charge in [-0.05, 0) is 6.42 Å². The summed E-state index contributed by atoms with van der Waals surface area (Å²) in [6.45, 7) is 3.25. The number of aliphatic carboxylic acids is 1. The number of amides is 1. The van der Waals surface area contributed by atoms with E-state index in [9.17, 15) is 9.59 Å². The van der Waals surface area contributed by atoms with E-state index in [1.807, 2.05) is 0 Å². The third-order valence-electron chi connectivity index (χ3n) is 2.71. The van der Waals surface area contributed by atoms with Gasteiger partial charge in [0.25, 0.3) is 0 Å². The number of rotatable bonds is 4. The van der Waals surface area contributed by atoms with E-state index in [0.717, 1.165) is 0 Å². The van der Waals surface area contributed by atoms with Crippen molar-refractivity contribution in [3.8, 4) is 0 Å². The summed E-state index contributed by atoms with van der Waals surface area (Å²) in [6, 6.07) is -1.19. The Labute approximate surface area is 94.6 Å². The molecule has 2 atom stereocenters. The zero-order valence-corrected chi connectivity index (χ0v) is 9.60. The van der Waals surface area contributed by atoms with E-state index in [-0.39, 0.29) is 5.91 Å². The number of morpholine rings is 1. The first-order valence-corrected chi connectivity index (χ1v) is 5.38. The van der Waals surface area contributed by atoms with Crippen LogP contribution in [0.5, 0.6) is 0 Å². The Balaban J connectivity index is 2.60. The number of ether oxygens (including phenoxy) is 1. The highest BCUT2D eigenvalue weighted by atomic mass is 16.5. The molecule has 92 valence electrons. The molecule has 1 saturated heterocycles. The third-order valence-corrected chi connectivity index (χ3v) is 2.71. The highest BCUT2D eigenvalue weighted by molar-refractivity contribution is 5.87. The van der Waals surface area contributed by atoms with Gasteiger partial charge < -0.3 is 20.1 Å². The number of nitrogens with one attached hydrogen (secondary N) is 1. The van der Waals surface area contributed by atoms with Gasteiger partial charge in [-0.15, -0.1) is 0 Å². The lowest BCUT2D eigenvalue weighted by molar-refractivity contribution is -0.151. The van der Waals surface area contributed by atoms with E-state index in [0.29, 0.717) is 26.2 Å². The highest BCUT2D eigenvalue weighted by Crippen LogP contribution is 2.06. The standard InChI is InChI=1S/C10H18N2O4/c1-3-8(10(14)15)12(2)9(13)7-6-16-5-4-11-7/h7-8,11H,3-6H2,1-2H3,(H,14,15). The summed E-state index contributed by atoms with van der Waals surface area (Å²) in [6.07, 6.45) is 0.394. The number of likely N-dealkylation sites (N-methyl/N-ethyl adjacent to an activating group) is 1. The van der Waals surface area contributed by atoms with Crippen molar-refractivity contribution in [2.45, 2.75) is 25.4 Å². The normalized spacial score (nSPS) is 22.5. The van der Waals surface area contributed by atoms with Gasteiger partial charge >= 0.3 is 5.97 Å². The molecule has 6 heteroatoms. The molecular weight excluding hydrogens is 212 g/mol. The van der Waals surface area contributed by atoms with Crippen LogP contribution in [0.15, 0.2) is 0 Å². The van der Waals surface area contributed by atoms with E-state index in [1.54, 1.807) is 6.92 Å². The van der Waals surface area contributed by atoms with Gasteiger partial charge in [-0.25, -0.2) is 4.79 Å². The molecule has 1 rings (SSSR count). The largest absolute Gasteiger partial charge is 0.480 e. The molecule has 16 heavy (non-hydrogen) atoms. The lowest BCUT2D eigenvalue weighted by Gasteiger charge is -2.30. The third kappa shape index (κ3) is 2.93. The van der Waals surface area contributed by atoms with E-state index >= 15 is 0 Å². The molecule has 0 aromatic rings. The molecule has 0 bridgehead atoms. The van der Waals surface area contributed by atoms with E-state index in [1.165, 1.54) is 11.9 Å². The van der Waals surface area contributed by atoms with Gasteiger partial charge in [-0.1, -0.05) is 6.92 Å². The Bertz CT molecular complexity index is 264. The first kappa shape index (κ1) is 12.9.